The molecule has 0 radical (unpaired) electrons. The predicted octanol–water partition coefficient (Wildman–Crippen LogP) is 2.57. The highest BCUT2D eigenvalue weighted by atomic mass is 15.3. The summed E-state index contributed by atoms with van der Waals surface area (Å²) in [7, 11) is 0. The highest BCUT2D eigenvalue weighted by Crippen LogP contribution is 2.45. The van der Waals surface area contributed by atoms with E-state index < -0.39 is 0 Å². The number of benzene rings is 1. The van der Waals surface area contributed by atoms with E-state index in [1.807, 2.05) is 6.20 Å². The third-order valence-corrected chi connectivity index (χ3v) is 3.46. The molecule has 3 nitrogen and oxygen atoms in total. The Morgan fingerprint density at radius 3 is 2.75 bits per heavy atom. The van der Waals surface area contributed by atoms with Crippen LogP contribution in [0.4, 0.5) is 0 Å². The Kier molecular flexibility index (Phi) is 1.89. The van der Waals surface area contributed by atoms with Crippen LogP contribution in [0.1, 0.15) is 38.3 Å². The van der Waals surface area contributed by atoms with Gasteiger partial charge in [0.2, 0.25) is 0 Å². The molecule has 2 N–H and O–H groups in total. The van der Waals surface area contributed by atoms with E-state index in [1.54, 1.807) is 0 Å². The van der Waals surface area contributed by atoms with Gasteiger partial charge in [-0.1, -0.05) is 12.1 Å². The highest BCUT2D eigenvalue weighted by Gasteiger charge is 2.41. The summed E-state index contributed by atoms with van der Waals surface area (Å²) >= 11 is 0. The molecule has 84 valence electrons. The van der Waals surface area contributed by atoms with Gasteiger partial charge in [-0.3, -0.25) is 4.68 Å². The first-order chi connectivity index (χ1) is 7.62. The molecular formula is C13H17N3. The lowest BCUT2D eigenvalue weighted by Crippen LogP contribution is -2.18. The van der Waals surface area contributed by atoms with Gasteiger partial charge in [0.1, 0.15) is 0 Å². The van der Waals surface area contributed by atoms with Crippen molar-refractivity contribution in [3.63, 3.8) is 0 Å². The van der Waals surface area contributed by atoms with Gasteiger partial charge in [-0.2, -0.15) is 5.10 Å². The van der Waals surface area contributed by atoms with Crippen molar-refractivity contribution in [3.8, 4) is 0 Å². The Hall–Kier alpha value is -1.35. The van der Waals surface area contributed by atoms with Crippen molar-refractivity contribution >= 4 is 10.9 Å². The van der Waals surface area contributed by atoms with E-state index >= 15 is 0 Å². The van der Waals surface area contributed by atoms with Crippen LogP contribution in [-0.4, -0.2) is 9.78 Å². The molecule has 1 aliphatic carbocycles. The first kappa shape index (κ1) is 9.85. The van der Waals surface area contributed by atoms with Crippen molar-refractivity contribution in [1.82, 2.24) is 9.78 Å². The van der Waals surface area contributed by atoms with Gasteiger partial charge in [0, 0.05) is 17.0 Å². The number of nitrogens with two attached hydrogens (primary N) is 1. The van der Waals surface area contributed by atoms with Crippen LogP contribution in [0.3, 0.4) is 0 Å². The first-order valence-corrected chi connectivity index (χ1v) is 5.87. The van der Waals surface area contributed by atoms with Crippen molar-refractivity contribution in [2.45, 2.75) is 38.3 Å². The van der Waals surface area contributed by atoms with E-state index in [0.29, 0.717) is 6.04 Å². The van der Waals surface area contributed by atoms with Gasteiger partial charge in [0.15, 0.2) is 0 Å². The Morgan fingerprint density at radius 2 is 2.12 bits per heavy atom. The molecule has 0 aliphatic heterocycles. The Morgan fingerprint density at radius 1 is 1.38 bits per heavy atom. The number of fused-ring (bicyclic) bond motifs is 1. The zero-order valence-electron chi connectivity index (χ0n) is 9.77. The van der Waals surface area contributed by atoms with Crippen LogP contribution in [0.15, 0.2) is 24.4 Å². The molecule has 1 aliphatic rings. The number of hydrogen-bond donors (Lipinski definition) is 1. The molecule has 3 rings (SSSR count). The smallest absolute Gasteiger partial charge is 0.0688 e. The van der Waals surface area contributed by atoms with Crippen molar-refractivity contribution in [2.75, 3.05) is 0 Å². The normalized spacial score (nSPS) is 18.2. The molecule has 16 heavy (non-hydrogen) atoms. The minimum absolute atomic E-state index is 0.0790. The molecule has 0 unspecified atom stereocenters. The van der Waals surface area contributed by atoms with Crippen LogP contribution in [0.5, 0.6) is 0 Å². The summed E-state index contributed by atoms with van der Waals surface area (Å²) in [5.41, 5.74) is 8.66. The van der Waals surface area contributed by atoms with E-state index in [2.05, 4.69) is 41.8 Å². The molecule has 1 aromatic heterocycles. The summed E-state index contributed by atoms with van der Waals surface area (Å²) in [6, 6.07) is 6.74. The largest absolute Gasteiger partial charge is 0.321 e. The molecule has 0 bridgehead atoms. The number of aromatic nitrogens is 2. The van der Waals surface area contributed by atoms with E-state index in [-0.39, 0.29) is 5.54 Å². The Labute approximate surface area is 95.2 Å². The van der Waals surface area contributed by atoms with Gasteiger partial charge < -0.3 is 5.73 Å². The Balaban J connectivity index is 2.25. The van der Waals surface area contributed by atoms with Crippen LogP contribution < -0.4 is 5.73 Å². The van der Waals surface area contributed by atoms with Crippen LogP contribution in [0.2, 0.25) is 0 Å². The highest BCUT2D eigenvalue weighted by molar-refractivity contribution is 5.84. The zero-order valence-corrected chi connectivity index (χ0v) is 9.77. The van der Waals surface area contributed by atoms with Gasteiger partial charge in [-0.25, -0.2) is 0 Å². The maximum Gasteiger partial charge on any atom is 0.0688 e. The average molecular weight is 215 g/mol. The van der Waals surface area contributed by atoms with Crippen LogP contribution in [-0.2, 0) is 5.54 Å². The standard InChI is InChI=1S/C13H17N3/c1-9(2)16-12-5-3-4-11(10(12)8-15-16)13(14)6-7-13/h3-5,8-9H,6-7,14H2,1-2H3. The van der Waals surface area contributed by atoms with Crippen molar-refractivity contribution in [3.05, 3.63) is 30.0 Å². The number of hydrogen-bond acceptors (Lipinski definition) is 2. The molecule has 0 amide bonds. The average Bonchev–Trinajstić information content (AvgIpc) is 2.85. The zero-order chi connectivity index (χ0) is 11.3. The number of rotatable bonds is 2. The second-order valence-corrected chi connectivity index (χ2v) is 5.08. The van der Waals surface area contributed by atoms with Crippen LogP contribution in [0.25, 0.3) is 10.9 Å². The fourth-order valence-electron chi connectivity index (χ4n) is 2.32. The monoisotopic (exact) mass is 215 g/mol. The Bertz CT molecular complexity index is 535. The fraction of sp³-hybridized carbons (Fsp3) is 0.462. The van der Waals surface area contributed by atoms with Gasteiger partial charge in [-0.05, 0) is 38.3 Å². The summed E-state index contributed by atoms with van der Waals surface area (Å²) in [5.74, 6) is 0. The van der Waals surface area contributed by atoms with Gasteiger partial charge in [0.25, 0.3) is 0 Å². The van der Waals surface area contributed by atoms with E-state index in [4.69, 9.17) is 5.73 Å². The minimum atomic E-state index is -0.0790. The van der Waals surface area contributed by atoms with Crippen molar-refractivity contribution < 1.29 is 0 Å². The van der Waals surface area contributed by atoms with E-state index in [1.165, 1.54) is 16.5 Å². The summed E-state index contributed by atoms with van der Waals surface area (Å²) in [4.78, 5) is 0. The lowest BCUT2D eigenvalue weighted by atomic mass is 10.0. The van der Waals surface area contributed by atoms with Gasteiger partial charge >= 0.3 is 0 Å². The SMILES string of the molecule is CC(C)n1ncc2c(C3(N)CC3)cccc21. The molecule has 1 fully saturated rings. The van der Waals surface area contributed by atoms with Gasteiger partial charge in [-0.15, -0.1) is 0 Å². The van der Waals surface area contributed by atoms with E-state index in [9.17, 15) is 0 Å². The lowest BCUT2D eigenvalue weighted by Gasteiger charge is -2.11. The molecule has 0 saturated heterocycles. The van der Waals surface area contributed by atoms with Crippen molar-refractivity contribution in [1.29, 1.82) is 0 Å². The third kappa shape index (κ3) is 1.28. The summed E-state index contributed by atoms with van der Waals surface area (Å²) in [6.07, 6.45) is 4.15. The maximum atomic E-state index is 6.28. The summed E-state index contributed by atoms with van der Waals surface area (Å²) in [5, 5.41) is 5.68. The molecular weight excluding hydrogens is 198 g/mol. The second kappa shape index (κ2) is 3.08. The molecule has 0 spiro atoms. The predicted molar refractivity (Wildman–Crippen MR) is 65.2 cm³/mol. The topological polar surface area (TPSA) is 43.8 Å². The maximum absolute atomic E-state index is 6.28. The molecule has 1 saturated carbocycles. The minimum Gasteiger partial charge on any atom is -0.321 e. The van der Waals surface area contributed by atoms with Crippen molar-refractivity contribution in [2.24, 2.45) is 5.73 Å². The quantitative estimate of drug-likeness (QED) is 0.836. The van der Waals surface area contributed by atoms with Gasteiger partial charge in [0.05, 0.1) is 11.7 Å². The van der Waals surface area contributed by atoms with Crippen LogP contribution >= 0.6 is 0 Å². The summed E-state index contributed by atoms with van der Waals surface area (Å²) < 4.78 is 2.06. The lowest BCUT2D eigenvalue weighted by molar-refractivity contribution is 0.551. The number of nitrogens with zero attached hydrogens (tertiary/aromatic N) is 2. The first-order valence-electron chi connectivity index (χ1n) is 5.87. The molecule has 3 heteroatoms. The molecule has 2 aromatic rings. The molecule has 1 heterocycles. The second-order valence-electron chi connectivity index (χ2n) is 5.08. The fourth-order valence-corrected chi connectivity index (χ4v) is 2.32. The molecule has 1 aromatic carbocycles. The third-order valence-electron chi connectivity index (χ3n) is 3.46. The summed E-state index contributed by atoms with van der Waals surface area (Å²) in [6.45, 7) is 4.29. The molecule has 0 atom stereocenters. The van der Waals surface area contributed by atoms with Crippen LogP contribution in [0, 0.1) is 0 Å². The van der Waals surface area contributed by atoms with E-state index in [0.717, 1.165) is 12.8 Å².